The predicted octanol–water partition coefficient (Wildman–Crippen LogP) is 3.15. The average molecular weight is 270 g/mol. The molecule has 4 nitrogen and oxygen atoms in total. The van der Waals surface area contributed by atoms with Gasteiger partial charge in [0.05, 0.1) is 12.8 Å². The Morgan fingerprint density at radius 3 is 2.50 bits per heavy atom. The first kappa shape index (κ1) is 13.9. The lowest BCUT2D eigenvalue weighted by Gasteiger charge is -2.11. The molecule has 0 fully saturated rings. The van der Waals surface area contributed by atoms with Crippen LogP contribution in [0.4, 0.5) is 11.4 Å². The molecule has 3 N–H and O–H groups in total. The lowest BCUT2D eigenvalue weighted by atomic mass is 10.1. The van der Waals surface area contributed by atoms with Crippen LogP contribution in [0.25, 0.3) is 0 Å². The smallest absolute Gasteiger partial charge is 0.255 e. The van der Waals surface area contributed by atoms with E-state index in [1.54, 1.807) is 19.2 Å². The fourth-order valence-electron chi connectivity index (χ4n) is 2.04. The highest BCUT2D eigenvalue weighted by atomic mass is 16.5. The Morgan fingerprint density at radius 1 is 1.10 bits per heavy atom. The molecule has 0 saturated heterocycles. The summed E-state index contributed by atoms with van der Waals surface area (Å²) in [6.45, 7) is 3.87. The second-order valence-corrected chi connectivity index (χ2v) is 4.79. The van der Waals surface area contributed by atoms with E-state index in [1.165, 1.54) is 0 Å². The van der Waals surface area contributed by atoms with Crippen molar-refractivity contribution in [3.63, 3.8) is 0 Å². The molecule has 0 spiro atoms. The number of carbonyl (C=O) groups excluding carboxylic acids is 1. The summed E-state index contributed by atoms with van der Waals surface area (Å²) >= 11 is 0. The maximum atomic E-state index is 12.2. The number of rotatable bonds is 3. The largest absolute Gasteiger partial charge is 0.495 e. The third-order valence-electron chi connectivity index (χ3n) is 2.97. The van der Waals surface area contributed by atoms with Crippen LogP contribution < -0.4 is 15.8 Å². The van der Waals surface area contributed by atoms with Crippen LogP contribution in [0, 0.1) is 13.8 Å². The summed E-state index contributed by atoms with van der Waals surface area (Å²) in [5, 5.41) is 2.84. The van der Waals surface area contributed by atoms with E-state index in [-0.39, 0.29) is 5.91 Å². The molecule has 0 aliphatic heterocycles. The second kappa shape index (κ2) is 5.65. The van der Waals surface area contributed by atoms with Gasteiger partial charge in [-0.2, -0.15) is 0 Å². The molecule has 104 valence electrons. The Kier molecular flexibility index (Phi) is 3.94. The first-order valence-corrected chi connectivity index (χ1v) is 6.33. The highest BCUT2D eigenvalue weighted by Gasteiger charge is 2.10. The molecule has 0 radical (unpaired) electrons. The normalized spacial score (nSPS) is 10.2. The zero-order chi connectivity index (χ0) is 14.7. The molecule has 2 aromatic carbocycles. The molecular weight excluding hydrogens is 252 g/mol. The second-order valence-electron chi connectivity index (χ2n) is 4.79. The topological polar surface area (TPSA) is 64.3 Å². The number of aryl methyl sites for hydroxylation is 2. The molecule has 0 saturated carbocycles. The third kappa shape index (κ3) is 3.09. The first-order valence-electron chi connectivity index (χ1n) is 6.33. The summed E-state index contributed by atoms with van der Waals surface area (Å²) in [5.74, 6) is 0.432. The van der Waals surface area contributed by atoms with Crippen molar-refractivity contribution in [3.8, 4) is 5.75 Å². The standard InChI is InChI=1S/C16H18N2O2/c1-10-4-5-14(15(8-10)20-3)18-16(19)12-6-11(2)7-13(17)9-12/h4-9H,17H2,1-3H3,(H,18,19). The van der Waals surface area contributed by atoms with Gasteiger partial charge in [0.25, 0.3) is 5.91 Å². The number of ether oxygens (including phenoxy) is 1. The highest BCUT2D eigenvalue weighted by Crippen LogP contribution is 2.26. The summed E-state index contributed by atoms with van der Waals surface area (Å²) in [6.07, 6.45) is 0. The van der Waals surface area contributed by atoms with Crippen LogP contribution in [0.3, 0.4) is 0 Å². The zero-order valence-corrected chi connectivity index (χ0v) is 11.9. The van der Waals surface area contributed by atoms with Gasteiger partial charge in [0, 0.05) is 11.3 Å². The van der Waals surface area contributed by atoms with Crippen LogP contribution in [0.5, 0.6) is 5.75 Å². The van der Waals surface area contributed by atoms with E-state index >= 15 is 0 Å². The van der Waals surface area contributed by atoms with E-state index in [0.717, 1.165) is 11.1 Å². The van der Waals surface area contributed by atoms with Crippen LogP contribution in [0.1, 0.15) is 21.5 Å². The maximum Gasteiger partial charge on any atom is 0.255 e. The van der Waals surface area contributed by atoms with Gasteiger partial charge in [-0.3, -0.25) is 4.79 Å². The Bertz CT molecular complexity index is 631. The van der Waals surface area contributed by atoms with E-state index in [1.807, 2.05) is 38.1 Å². The van der Waals surface area contributed by atoms with Crippen molar-refractivity contribution >= 4 is 17.3 Å². The molecule has 4 heteroatoms. The molecule has 0 bridgehead atoms. The lowest BCUT2D eigenvalue weighted by molar-refractivity contribution is 0.102. The minimum atomic E-state index is -0.206. The monoisotopic (exact) mass is 270 g/mol. The number of methoxy groups -OCH3 is 1. The van der Waals surface area contributed by atoms with Gasteiger partial charge < -0.3 is 15.8 Å². The van der Waals surface area contributed by atoms with Crippen LogP contribution in [0.2, 0.25) is 0 Å². The number of hydrogen-bond donors (Lipinski definition) is 2. The molecule has 0 aliphatic carbocycles. The summed E-state index contributed by atoms with van der Waals surface area (Å²) in [5.41, 5.74) is 9.53. The number of anilines is 2. The number of nitrogen functional groups attached to an aromatic ring is 1. The third-order valence-corrected chi connectivity index (χ3v) is 2.97. The zero-order valence-electron chi connectivity index (χ0n) is 11.9. The fraction of sp³-hybridized carbons (Fsp3) is 0.188. The number of hydrogen-bond acceptors (Lipinski definition) is 3. The van der Waals surface area contributed by atoms with Crippen LogP contribution >= 0.6 is 0 Å². The summed E-state index contributed by atoms with van der Waals surface area (Å²) in [7, 11) is 1.58. The fourth-order valence-corrected chi connectivity index (χ4v) is 2.04. The Morgan fingerprint density at radius 2 is 1.85 bits per heavy atom. The number of amides is 1. The van der Waals surface area contributed by atoms with E-state index < -0.39 is 0 Å². The van der Waals surface area contributed by atoms with Gasteiger partial charge in [0.15, 0.2) is 0 Å². The molecule has 20 heavy (non-hydrogen) atoms. The molecule has 2 aromatic rings. The van der Waals surface area contributed by atoms with Gasteiger partial charge in [-0.05, 0) is 55.3 Å². The SMILES string of the molecule is COc1cc(C)ccc1NC(=O)c1cc(C)cc(N)c1. The van der Waals surface area contributed by atoms with E-state index in [2.05, 4.69) is 5.32 Å². The summed E-state index contributed by atoms with van der Waals surface area (Å²) in [6, 6.07) is 10.9. The molecule has 0 heterocycles. The molecule has 0 atom stereocenters. The van der Waals surface area contributed by atoms with Crippen molar-refractivity contribution in [2.24, 2.45) is 0 Å². The number of nitrogens with one attached hydrogen (secondary N) is 1. The average Bonchev–Trinajstić information content (AvgIpc) is 2.39. The van der Waals surface area contributed by atoms with Gasteiger partial charge in [-0.1, -0.05) is 6.07 Å². The minimum Gasteiger partial charge on any atom is -0.495 e. The van der Waals surface area contributed by atoms with Crippen LogP contribution in [-0.2, 0) is 0 Å². The van der Waals surface area contributed by atoms with Gasteiger partial charge in [-0.25, -0.2) is 0 Å². The quantitative estimate of drug-likeness (QED) is 0.842. The molecule has 2 rings (SSSR count). The van der Waals surface area contributed by atoms with Crippen molar-refractivity contribution in [3.05, 3.63) is 53.1 Å². The van der Waals surface area contributed by atoms with Gasteiger partial charge in [0.2, 0.25) is 0 Å². The van der Waals surface area contributed by atoms with Crippen LogP contribution in [0.15, 0.2) is 36.4 Å². The van der Waals surface area contributed by atoms with Crippen molar-refractivity contribution in [1.82, 2.24) is 0 Å². The van der Waals surface area contributed by atoms with Crippen molar-refractivity contribution < 1.29 is 9.53 Å². The molecule has 0 unspecified atom stereocenters. The molecular formula is C16H18N2O2. The van der Waals surface area contributed by atoms with Crippen LogP contribution in [-0.4, -0.2) is 13.0 Å². The maximum absolute atomic E-state index is 12.2. The number of nitrogens with two attached hydrogens (primary N) is 1. The first-order chi connectivity index (χ1) is 9.49. The van der Waals surface area contributed by atoms with Gasteiger partial charge in [0.1, 0.15) is 5.75 Å². The van der Waals surface area contributed by atoms with Gasteiger partial charge in [-0.15, -0.1) is 0 Å². The summed E-state index contributed by atoms with van der Waals surface area (Å²) < 4.78 is 5.27. The number of benzene rings is 2. The number of carbonyl (C=O) groups is 1. The van der Waals surface area contributed by atoms with Crippen molar-refractivity contribution in [2.75, 3.05) is 18.2 Å². The molecule has 0 aliphatic rings. The Hall–Kier alpha value is -2.49. The van der Waals surface area contributed by atoms with Crippen molar-refractivity contribution in [1.29, 1.82) is 0 Å². The van der Waals surface area contributed by atoms with Crippen molar-refractivity contribution in [2.45, 2.75) is 13.8 Å². The Labute approximate surface area is 118 Å². The highest BCUT2D eigenvalue weighted by molar-refractivity contribution is 6.05. The van der Waals surface area contributed by atoms with Gasteiger partial charge >= 0.3 is 0 Å². The Balaban J connectivity index is 2.27. The summed E-state index contributed by atoms with van der Waals surface area (Å²) in [4.78, 5) is 12.2. The molecule has 1 amide bonds. The predicted molar refractivity (Wildman–Crippen MR) is 81.3 cm³/mol. The lowest BCUT2D eigenvalue weighted by Crippen LogP contribution is -2.13. The molecule has 0 aromatic heterocycles. The van der Waals surface area contributed by atoms with E-state index in [0.29, 0.717) is 22.7 Å². The minimum absolute atomic E-state index is 0.206. The van der Waals surface area contributed by atoms with E-state index in [9.17, 15) is 4.79 Å². The van der Waals surface area contributed by atoms with E-state index in [4.69, 9.17) is 10.5 Å².